The molecule has 0 heterocycles. The van der Waals surface area contributed by atoms with Crippen molar-refractivity contribution in [2.24, 2.45) is 0 Å². The lowest BCUT2D eigenvalue weighted by Crippen LogP contribution is -2.42. The van der Waals surface area contributed by atoms with Gasteiger partial charge in [0.15, 0.2) is 0 Å². The first-order valence-electron chi connectivity index (χ1n) is 14.5. The lowest BCUT2D eigenvalue weighted by molar-refractivity contribution is -0.282. The monoisotopic (exact) mass is 612 g/mol. The van der Waals surface area contributed by atoms with E-state index in [1.807, 2.05) is 79.9 Å². The van der Waals surface area contributed by atoms with E-state index < -0.39 is 12.0 Å². The fourth-order valence-electron chi connectivity index (χ4n) is 5.03. The molecule has 8 heteroatoms. The molecule has 1 atom stereocenters. The number of methoxy groups -OCH3 is 1. The third-order valence-corrected chi connectivity index (χ3v) is 8.04. The second-order valence-electron chi connectivity index (χ2n) is 10.5. The number of nitrogens with zero attached hydrogens (tertiary/aromatic N) is 1. The maximum Gasteiger partial charge on any atom is 0.328 e. The molecule has 1 amide bonds. The average Bonchev–Trinajstić information content (AvgIpc) is 3.06. The van der Waals surface area contributed by atoms with Gasteiger partial charge in [0.25, 0.3) is 5.91 Å². The lowest BCUT2D eigenvalue weighted by Gasteiger charge is -2.26. The van der Waals surface area contributed by atoms with Crippen LogP contribution in [0.3, 0.4) is 0 Å². The summed E-state index contributed by atoms with van der Waals surface area (Å²) in [4.78, 5) is 38.2. The van der Waals surface area contributed by atoms with Gasteiger partial charge < -0.3 is 15.0 Å². The Kier molecular flexibility index (Phi) is 12.4. The summed E-state index contributed by atoms with van der Waals surface area (Å²) in [5, 5.41) is 2.93. The Labute approximate surface area is 264 Å². The normalized spacial score (nSPS) is 11.5. The third-order valence-electron chi connectivity index (χ3n) is 7.40. The van der Waals surface area contributed by atoms with Gasteiger partial charge in [-0.3, -0.25) is 4.79 Å². The number of para-hydroxylation sites is 1. The molecule has 0 bridgehead atoms. The van der Waals surface area contributed by atoms with Crippen LogP contribution >= 0.6 is 11.8 Å². The number of thioether (sulfide) groups is 1. The largest absolute Gasteiger partial charge is 0.467 e. The fraction of sp³-hybridized carbons (Fsp3) is 0.278. The van der Waals surface area contributed by atoms with Gasteiger partial charge in [-0.05, 0) is 83.0 Å². The molecule has 0 aromatic heterocycles. The standard InChI is InChI=1S/C36H40N2O5S/c1-26-10-8-9-13-31(26)33-22-29(18-19-32(33)35(39)37-34(20-21-44-4)36(40)41-2)24-38(30-11-6-5-7-12-30)23-27-14-16-28(17-15-27)25-43-42-3/h5-19,22,34H,20-21,23-25H2,1-4H3,(H,37,39). The van der Waals surface area contributed by atoms with Gasteiger partial charge in [0.2, 0.25) is 0 Å². The zero-order valence-electron chi connectivity index (χ0n) is 25.7. The number of amides is 1. The Morgan fingerprint density at radius 2 is 1.48 bits per heavy atom. The highest BCUT2D eigenvalue weighted by atomic mass is 32.2. The molecule has 0 spiro atoms. The predicted octanol–water partition coefficient (Wildman–Crippen LogP) is 6.97. The van der Waals surface area contributed by atoms with Crippen molar-refractivity contribution < 1.29 is 24.1 Å². The molecule has 230 valence electrons. The van der Waals surface area contributed by atoms with Crippen molar-refractivity contribution in [3.8, 4) is 11.1 Å². The zero-order chi connectivity index (χ0) is 31.3. The Hall–Kier alpha value is -4.11. The van der Waals surface area contributed by atoms with Crippen LogP contribution in [0.5, 0.6) is 0 Å². The molecular weight excluding hydrogens is 572 g/mol. The molecule has 0 fully saturated rings. The van der Waals surface area contributed by atoms with Crippen LogP contribution in [0, 0.1) is 6.92 Å². The summed E-state index contributed by atoms with van der Waals surface area (Å²) in [5.41, 5.74) is 7.70. The smallest absolute Gasteiger partial charge is 0.328 e. The molecule has 7 nitrogen and oxygen atoms in total. The first kappa shape index (κ1) is 32.8. The molecule has 1 unspecified atom stereocenters. The SMILES string of the molecule is COOCc1ccc(CN(Cc2ccc(C(=O)NC(CCSC)C(=O)OC)c(-c3ccccc3C)c2)c2ccccc2)cc1. The highest BCUT2D eigenvalue weighted by molar-refractivity contribution is 7.98. The maximum absolute atomic E-state index is 13.7. The number of aryl methyl sites for hydroxylation is 1. The van der Waals surface area contributed by atoms with Crippen molar-refractivity contribution in [1.82, 2.24) is 5.32 Å². The van der Waals surface area contributed by atoms with Gasteiger partial charge >= 0.3 is 5.97 Å². The van der Waals surface area contributed by atoms with Crippen LogP contribution in [0.15, 0.2) is 97.1 Å². The van der Waals surface area contributed by atoms with Crippen LogP contribution in [0.4, 0.5) is 5.69 Å². The zero-order valence-corrected chi connectivity index (χ0v) is 26.6. The van der Waals surface area contributed by atoms with Crippen molar-refractivity contribution >= 4 is 29.3 Å². The molecule has 0 aliphatic heterocycles. The number of rotatable bonds is 15. The molecule has 0 aliphatic carbocycles. The van der Waals surface area contributed by atoms with Crippen LogP contribution in [-0.4, -0.2) is 44.1 Å². The van der Waals surface area contributed by atoms with E-state index in [-0.39, 0.29) is 5.91 Å². The molecule has 1 N–H and O–H groups in total. The summed E-state index contributed by atoms with van der Waals surface area (Å²) in [6.45, 7) is 3.74. The van der Waals surface area contributed by atoms with Gasteiger partial charge in [-0.1, -0.05) is 72.8 Å². The minimum absolute atomic E-state index is 0.302. The average molecular weight is 613 g/mol. The van der Waals surface area contributed by atoms with Gasteiger partial charge in [-0.2, -0.15) is 11.8 Å². The molecule has 0 saturated carbocycles. The number of carbonyl (C=O) groups excluding carboxylic acids is 2. The van der Waals surface area contributed by atoms with E-state index in [9.17, 15) is 9.59 Å². The summed E-state index contributed by atoms with van der Waals surface area (Å²) in [6.07, 6.45) is 2.46. The molecule has 0 radical (unpaired) electrons. The summed E-state index contributed by atoms with van der Waals surface area (Å²) in [6, 6.07) is 31.8. The number of benzene rings is 4. The molecular formula is C36H40N2O5S. The fourth-order valence-corrected chi connectivity index (χ4v) is 5.51. The highest BCUT2D eigenvalue weighted by Gasteiger charge is 2.24. The first-order chi connectivity index (χ1) is 21.4. The summed E-state index contributed by atoms with van der Waals surface area (Å²) < 4.78 is 4.98. The Morgan fingerprint density at radius 3 is 2.16 bits per heavy atom. The van der Waals surface area contributed by atoms with E-state index in [1.165, 1.54) is 14.2 Å². The Morgan fingerprint density at radius 1 is 0.818 bits per heavy atom. The Balaban J connectivity index is 1.67. The van der Waals surface area contributed by atoms with Crippen molar-refractivity contribution in [3.63, 3.8) is 0 Å². The molecule has 0 saturated heterocycles. The van der Waals surface area contributed by atoms with E-state index in [2.05, 4.69) is 40.5 Å². The van der Waals surface area contributed by atoms with Crippen LogP contribution in [0.2, 0.25) is 0 Å². The first-order valence-corrected chi connectivity index (χ1v) is 15.9. The highest BCUT2D eigenvalue weighted by Crippen LogP contribution is 2.30. The van der Waals surface area contributed by atoms with E-state index >= 15 is 0 Å². The van der Waals surface area contributed by atoms with Gasteiger partial charge in [-0.25, -0.2) is 14.6 Å². The van der Waals surface area contributed by atoms with Crippen molar-refractivity contribution in [2.45, 2.75) is 39.1 Å². The minimum atomic E-state index is -0.717. The molecule has 4 rings (SSSR count). The quantitative estimate of drug-likeness (QED) is 0.0883. The molecule has 4 aromatic rings. The molecule has 44 heavy (non-hydrogen) atoms. The number of hydrogen-bond acceptors (Lipinski definition) is 7. The number of nitrogens with one attached hydrogen (secondary N) is 1. The molecule has 0 aliphatic rings. The van der Waals surface area contributed by atoms with Crippen LogP contribution < -0.4 is 10.2 Å². The maximum atomic E-state index is 13.7. The third kappa shape index (κ3) is 8.95. The van der Waals surface area contributed by atoms with Crippen LogP contribution in [0.25, 0.3) is 11.1 Å². The van der Waals surface area contributed by atoms with Crippen LogP contribution in [0.1, 0.15) is 39.0 Å². The number of carbonyl (C=O) groups is 2. The van der Waals surface area contributed by atoms with E-state index in [0.29, 0.717) is 31.7 Å². The summed E-state index contributed by atoms with van der Waals surface area (Å²) in [7, 11) is 2.85. The van der Waals surface area contributed by atoms with Crippen molar-refractivity contribution in [2.75, 3.05) is 31.1 Å². The van der Waals surface area contributed by atoms with E-state index in [1.54, 1.807) is 11.8 Å². The Bertz CT molecular complexity index is 1510. The van der Waals surface area contributed by atoms with Crippen molar-refractivity contribution in [3.05, 3.63) is 125 Å². The molecule has 4 aromatic carbocycles. The van der Waals surface area contributed by atoms with Crippen molar-refractivity contribution in [1.29, 1.82) is 0 Å². The van der Waals surface area contributed by atoms with Gasteiger partial charge in [0, 0.05) is 24.3 Å². The van der Waals surface area contributed by atoms with Gasteiger partial charge in [0.1, 0.15) is 12.6 Å². The topological polar surface area (TPSA) is 77.1 Å². The van der Waals surface area contributed by atoms with Crippen LogP contribution in [-0.2, 0) is 39.0 Å². The second-order valence-corrected chi connectivity index (χ2v) is 11.4. The van der Waals surface area contributed by atoms with Gasteiger partial charge in [0.05, 0.1) is 14.2 Å². The number of ether oxygens (including phenoxy) is 1. The minimum Gasteiger partial charge on any atom is -0.467 e. The predicted molar refractivity (Wildman–Crippen MR) is 177 cm³/mol. The summed E-state index contributed by atoms with van der Waals surface area (Å²) in [5.74, 6) is -0.0224. The van der Waals surface area contributed by atoms with E-state index in [4.69, 9.17) is 14.5 Å². The lowest BCUT2D eigenvalue weighted by atomic mass is 9.93. The second kappa shape index (κ2) is 16.7. The van der Waals surface area contributed by atoms with E-state index in [0.717, 1.165) is 44.8 Å². The number of anilines is 1. The van der Waals surface area contributed by atoms with Gasteiger partial charge in [-0.15, -0.1) is 0 Å². The number of hydrogen-bond donors (Lipinski definition) is 1. The number of esters is 1. The summed E-state index contributed by atoms with van der Waals surface area (Å²) >= 11 is 1.62.